The highest BCUT2D eigenvalue weighted by atomic mass is 32.1. The van der Waals surface area contributed by atoms with Gasteiger partial charge in [0.1, 0.15) is 23.2 Å². The van der Waals surface area contributed by atoms with Crippen molar-refractivity contribution >= 4 is 80.3 Å². The second kappa shape index (κ2) is 18.4. The Morgan fingerprint density at radius 1 is 0.382 bits per heavy atom. The van der Waals surface area contributed by atoms with Gasteiger partial charge in [-0.2, -0.15) is 0 Å². The van der Waals surface area contributed by atoms with Gasteiger partial charge in [-0.05, 0) is 75.6 Å². The molecule has 0 radical (unpaired) electrons. The van der Waals surface area contributed by atoms with E-state index in [1.165, 1.54) is 37.4 Å². The van der Waals surface area contributed by atoms with Crippen molar-refractivity contribution in [2.24, 2.45) is 0 Å². The molecule has 0 atom stereocenters. The summed E-state index contributed by atoms with van der Waals surface area (Å²) in [6.07, 6.45) is 1.03. The molecule has 0 heterocycles. The standard InChI is InChI=1S/C26H21PS2.C25H22P/c28-26(29)25(21-13-5-1-6-14-21)27(22-15-7-2-8-16-22,23-17-9-3-10-18-23)24-19-11-4-12-20-24;1-5-13-22(14-6-1)21-26(23-15-7-2-8-16-23,24-17-9-3-10-18-24)25-19-11-4-12-20-25/h1-20H,(H,28,29);1-20H,21H2/q;+1/p-1. The van der Waals surface area contributed by atoms with Gasteiger partial charge in [0.15, 0.2) is 0 Å². The van der Waals surface area contributed by atoms with Gasteiger partial charge in [0.25, 0.3) is 0 Å². The maximum atomic E-state index is 5.75. The third kappa shape index (κ3) is 8.25. The Kier molecular flexibility index (Phi) is 12.8. The van der Waals surface area contributed by atoms with Crippen LogP contribution in [0.1, 0.15) is 11.1 Å². The van der Waals surface area contributed by atoms with E-state index >= 15 is 0 Å². The minimum Gasteiger partial charge on any atom is -0.428 e. The van der Waals surface area contributed by atoms with Crippen LogP contribution < -0.4 is 31.8 Å². The molecule has 8 aromatic rings. The zero-order valence-electron chi connectivity index (χ0n) is 30.5. The Morgan fingerprint density at radius 3 is 0.964 bits per heavy atom. The van der Waals surface area contributed by atoms with Gasteiger partial charge < -0.3 is 24.8 Å². The van der Waals surface area contributed by atoms with E-state index in [4.69, 9.17) is 24.8 Å². The number of thiocarbonyl (C=S) groups is 1. The minimum atomic E-state index is -2.27. The normalized spacial score (nSPS) is 11.1. The fourth-order valence-electron chi connectivity index (χ4n) is 7.46. The molecule has 268 valence electrons. The molecule has 0 fully saturated rings. The number of hydrogen-bond acceptors (Lipinski definition) is 2. The molecule has 0 spiro atoms. The first kappa shape index (κ1) is 38.1. The van der Waals surface area contributed by atoms with E-state index in [0.717, 1.165) is 17.0 Å². The predicted molar refractivity (Wildman–Crippen MR) is 251 cm³/mol. The van der Waals surface area contributed by atoms with Crippen LogP contribution >= 0.6 is 26.4 Å². The lowest BCUT2D eigenvalue weighted by Gasteiger charge is -2.35. The number of hydrogen-bond donors (Lipinski definition) is 0. The molecule has 0 aromatic heterocycles. The van der Waals surface area contributed by atoms with Crippen molar-refractivity contribution in [1.29, 1.82) is 0 Å². The summed E-state index contributed by atoms with van der Waals surface area (Å²) in [6.45, 7) is -2.27. The summed E-state index contributed by atoms with van der Waals surface area (Å²) >= 11 is 11.5. The SMILES string of the molecule is S=C([S-])C(c1ccccc1)=P(c1ccccc1)(c1ccccc1)c1ccccc1.c1ccc(C[P+](c2ccccc2)(c2ccccc2)c2ccccc2)cc1. The third-order valence-electron chi connectivity index (χ3n) is 9.86. The topological polar surface area (TPSA) is 0 Å². The second-order valence-corrected chi connectivity index (χ2v) is 21.0. The first-order valence-corrected chi connectivity index (χ1v) is 23.0. The van der Waals surface area contributed by atoms with E-state index < -0.39 is 14.1 Å². The Hall–Kier alpha value is -5.20. The fourth-order valence-corrected chi connectivity index (χ4v) is 17.1. The van der Waals surface area contributed by atoms with E-state index in [-0.39, 0.29) is 0 Å². The smallest absolute Gasteiger partial charge is 0.116 e. The Balaban J connectivity index is 0.000000170. The second-order valence-electron chi connectivity index (χ2n) is 13.1. The summed E-state index contributed by atoms with van der Waals surface area (Å²) in [7, 11) is -1.78. The average molecular weight is 781 g/mol. The van der Waals surface area contributed by atoms with Gasteiger partial charge >= 0.3 is 0 Å². The third-order valence-corrected chi connectivity index (χ3v) is 19.3. The molecule has 8 rings (SSSR count). The lowest BCUT2D eigenvalue weighted by Crippen LogP contribution is -2.33. The van der Waals surface area contributed by atoms with Crippen molar-refractivity contribution in [3.8, 4) is 0 Å². The molecule has 0 N–H and O–H groups in total. The van der Waals surface area contributed by atoms with Crippen molar-refractivity contribution in [3.63, 3.8) is 0 Å². The van der Waals surface area contributed by atoms with Crippen molar-refractivity contribution in [2.75, 3.05) is 0 Å². The summed E-state index contributed by atoms with van der Waals surface area (Å²) in [5.74, 6) is 0. The van der Waals surface area contributed by atoms with Crippen LogP contribution in [0.2, 0.25) is 0 Å². The highest BCUT2D eigenvalue weighted by molar-refractivity contribution is 8.09. The molecule has 0 amide bonds. The highest BCUT2D eigenvalue weighted by Gasteiger charge is 2.45. The maximum Gasteiger partial charge on any atom is 0.116 e. The number of rotatable bonds is 10. The summed E-state index contributed by atoms with van der Waals surface area (Å²) < 4.78 is 0.529. The summed E-state index contributed by atoms with van der Waals surface area (Å²) in [4.78, 5) is 0. The van der Waals surface area contributed by atoms with E-state index in [1.807, 2.05) is 6.07 Å². The monoisotopic (exact) mass is 780 g/mol. The summed E-state index contributed by atoms with van der Waals surface area (Å²) in [6, 6.07) is 86.5. The van der Waals surface area contributed by atoms with Crippen LogP contribution in [-0.4, -0.2) is 9.49 Å². The highest BCUT2D eigenvalue weighted by Crippen LogP contribution is 2.58. The van der Waals surface area contributed by atoms with E-state index in [2.05, 4.69) is 237 Å². The van der Waals surface area contributed by atoms with Crippen LogP contribution in [-0.2, 0) is 18.8 Å². The van der Waals surface area contributed by atoms with Gasteiger partial charge in [-0.3, -0.25) is 0 Å². The van der Waals surface area contributed by atoms with Crippen LogP contribution in [0.5, 0.6) is 0 Å². The average Bonchev–Trinajstić information content (AvgIpc) is 3.27. The lowest BCUT2D eigenvalue weighted by atomic mass is 10.2. The molecule has 55 heavy (non-hydrogen) atoms. The molecular weight excluding hydrogens is 739 g/mol. The Morgan fingerprint density at radius 2 is 0.655 bits per heavy atom. The molecule has 0 aliphatic rings. The molecular formula is C51H42P2S2. The van der Waals surface area contributed by atoms with E-state index in [0.29, 0.717) is 4.20 Å². The minimum absolute atomic E-state index is 0.529. The summed E-state index contributed by atoms with van der Waals surface area (Å²) in [5.41, 5.74) is 2.48. The maximum absolute atomic E-state index is 5.75. The number of benzene rings is 8. The zero-order chi connectivity index (χ0) is 37.8. The summed E-state index contributed by atoms with van der Waals surface area (Å²) in [5, 5.41) is 9.13. The molecule has 0 saturated heterocycles. The van der Waals surface area contributed by atoms with Gasteiger partial charge in [-0.25, -0.2) is 0 Å². The molecule has 0 saturated carbocycles. The first-order valence-electron chi connectivity index (χ1n) is 18.4. The molecule has 0 bridgehead atoms. The lowest BCUT2D eigenvalue weighted by molar-refractivity contribution is 1.39. The van der Waals surface area contributed by atoms with Gasteiger partial charge in [0.05, 0.1) is 6.16 Å². The van der Waals surface area contributed by atoms with Crippen LogP contribution in [0.3, 0.4) is 0 Å². The largest absolute Gasteiger partial charge is 0.428 e. The van der Waals surface area contributed by atoms with Crippen LogP contribution in [0.4, 0.5) is 0 Å². The predicted octanol–water partition coefficient (Wildman–Crippen LogP) is 10.3. The van der Waals surface area contributed by atoms with Crippen molar-refractivity contribution in [1.82, 2.24) is 0 Å². The molecule has 4 heteroatoms. The molecule has 0 aliphatic carbocycles. The van der Waals surface area contributed by atoms with Crippen LogP contribution in [0, 0.1) is 0 Å². The quantitative estimate of drug-likeness (QED) is 0.0770. The fraction of sp³-hybridized carbons (Fsp3) is 0.0196. The van der Waals surface area contributed by atoms with Gasteiger partial charge in [0, 0.05) is 0 Å². The Labute approximate surface area is 338 Å². The Bertz CT molecular complexity index is 2240. The van der Waals surface area contributed by atoms with Gasteiger partial charge in [-0.15, -0.1) is 4.20 Å². The van der Waals surface area contributed by atoms with Crippen molar-refractivity contribution in [2.45, 2.75) is 6.16 Å². The van der Waals surface area contributed by atoms with E-state index in [1.54, 1.807) is 0 Å². The van der Waals surface area contributed by atoms with Gasteiger partial charge in [0.2, 0.25) is 0 Å². The van der Waals surface area contributed by atoms with Crippen LogP contribution in [0.25, 0.3) is 0 Å². The molecule has 0 aliphatic heterocycles. The molecule has 0 nitrogen and oxygen atoms in total. The van der Waals surface area contributed by atoms with Gasteiger partial charge in [-0.1, -0.05) is 206 Å². The van der Waals surface area contributed by atoms with Crippen molar-refractivity contribution in [3.05, 3.63) is 254 Å². The van der Waals surface area contributed by atoms with E-state index in [9.17, 15) is 0 Å². The zero-order valence-corrected chi connectivity index (χ0v) is 33.9. The first-order chi connectivity index (χ1) is 27.1. The van der Waals surface area contributed by atoms with Crippen LogP contribution in [0.15, 0.2) is 243 Å². The molecule has 8 aromatic carbocycles. The molecule has 0 unspecified atom stereocenters. The van der Waals surface area contributed by atoms with Crippen molar-refractivity contribution < 1.29 is 0 Å².